The van der Waals surface area contributed by atoms with E-state index in [2.05, 4.69) is 31.2 Å². The minimum absolute atomic E-state index is 0.0553. The molecule has 6 heteroatoms. The molecule has 0 aliphatic carbocycles. The number of furan rings is 1. The van der Waals surface area contributed by atoms with Crippen LogP contribution in [0.5, 0.6) is 0 Å². The largest absolute Gasteiger partial charge is 0.465 e. The van der Waals surface area contributed by atoms with Crippen molar-refractivity contribution < 1.29 is 28.2 Å². The van der Waals surface area contributed by atoms with Crippen LogP contribution in [0.3, 0.4) is 0 Å². The molecular weight excluding hydrogens is 480 g/mol. The van der Waals surface area contributed by atoms with Gasteiger partial charge in [-0.15, -0.1) is 0 Å². The van der Waals surface area contributed by atoms with E-state index in [1.165, 1.54) is 14.2 Å². The fourth-order valence-corrected chi connectivity index (χ4v) is 6.18. The zero-order valence-electron chi connectivity index (χ0n) is 23.1. The number of fused-ring (bicyclic) bond motifs is 3. The fourth-order valence-electron chi connectivity index (χ4n) is 6.18. The van der Waals surface area contributed by atoms with Crippen LogP contribution in [0.15, 0.2) is 34.7 Å². The first-order valence-electron chi connectivity index (χ1n) is 12.6. The predicted octanol–water partition coefficient (Wildman–Crippen LogP) is 7.14. The molecule has 1 aromatic heterocycles. The van der Waals surface area contributed by atoms with Gasteiger partial charge in [0, 0.05) is 16.5 Å². The third-order valence-corrected chi connectivity index (χ3v) is 7.49. The maximum atomic E-state index is 13.4. The molecule has 6 nitrogen and oxygen atoms in total. The molecule has 0 saturated heterocycles. The van der Waals surface area contributed by atoms with Crippen molar-refractivity contribution in [2.75, 3.05) is 14.2 Å². The number of carbonyl (C=O) groups excluding carboxylic acids is 2. The molecule has 1 aliphatic rings. The molecule has 4 aromatic rings. The van der Waals surface area contributed by atoms with Gasteiger partial charge < -0.3 is 18.6 Å². The van der Waals surface area contributed by atoms with Gasteiger partial charge in [0.1, 0.15) is 17.4 Å². The van der Waals surface area contributed by atoms with Crippen LogP contribution in [0.2, 0.25) is 0 Å². The molecule has 38 heavy (non-hydrogen) atoms. The normalized spacial score (nSPS) is 14.6. The topological polar surface area (TPSA) is 75.0 Å². The molecular formula is C32H32O6. The van der Waals surface area contributed by atoms with Crippen LogP contribution in [0, 0.1) is 41.5 Å². The molecule has 0 N–H and O–H groups in total. The minimum atomic E-state index is -0.667. The first-order valence-corrected chi connectivity index (χ1v) is 12.6. The zero-order valence-corrected chi connectivity index (χ0v) is 23.1. The lowest BCUT2D eigenvalue weighted by Gasteiger charge is -2.21. The second kappa shape index (κ2) is 9.44. The highest BCUT2D eigenvalue weighted by atomic mass is 16.5. The van der Waals surface area contributed by atoms with Crippen molar-refractivity contribution in [2.45, 2.75) is 54.3 Å². The Labute approximate surface area is 222 Å². The van der Waals surface area contributed by atoms with Gasteiger partial charge in [-0.05, 0) is 81.0 Å². The van der Waals surface area contributed by atoms with Gasteiger partial charge in [-0.3, -0.25) is 0 Å². The Morgan fingerprint density at radius 3 is 1.82 bits per heavy atom. The first kappa shape index (κ1) is 25.7. The van der Waals surface area contributed by atoms with Gasteiger partial charge in [0.25, 0.3) is 0 Å². The smallest absolute Gasteiger partial charge is 0.342 e. The lowest BCUT2D eigenvalue weighted by Crippen LogP contribution is -2.18. The maximum absolute atomic E-state index is 13.4. The predicted molar refractivity (Wildman–Crippen MR) is 146 cm³/mol. The van der Waals surface area contributed by atoms with Crippen molar-refractivity contribution in [3.8, 4) is 11.3 Å². The number of aryl methyl sites for hydroxylation is 6. The van der Waals surface area contributed by atoms with E-state index in [-0.39, 0.29) is 17.7 Å². The summed E-state index contributed by atoms with van der Waals surface area (Å²) in [6.45, 7) is 12.5. The Balaban J connectivity index is 1.90. The van der Waals surface area contributed by atoms with Crippen molar-refractivity contribution >= 4 is 22.9 Å². The van der Waals surface area contributed by atoms with Crippen LogP contribution in [0.1, 0.15) is 76.9 Å². The lowest BCUT2D eigenvalue weighted by molar-refractivity contribution is 0.0548. The van der Waals surface area contributed by atoms with E-state index in [0.29, 0.717) is 16.9 Å². The van der Waals surface area contributed by atoms with Gasteiger partial charge in [0.2, 0.25) is 0 Å². The number of esters is 2. The van der Waals surface area contributed by atoms with Crippen LogP contribution >= 0.6 is 0 Å². The highest BCUT2D eigenvalue weighted by Gasteiger charge is 2.39. The Morgan fingerprint density at radius 2 is 1.26 bits per heavy atom. The molecule has 1 atom stereocenters. The van der Waals surface area contributed by atoms with Gasteiger partial charge in [-0.2, -0.15) is 0 Å². The molecule has 1 unspecified atom stereocenters. The molecule has 3 aromatic carbocycles. The van der Waals surface area contributed by atoms with E-state index in [4.69, 9.17) is 18.6 Å². The maximum Gasteiger partial charge on any atom is 0.342 e. The number of methoxy groups -OCH3 is 2. The third-order valence-electron chi connectivity index (χ3n) is 7.49. The highest BCUT2D eigenvalue weighted by molar-refractivity contribution is 6.14. The summed E-state index contributed by atoms with van der Waals surface area (Å²) < 4.78 is 23.2. The summed E-state index contributed by atoms with van der Waals surface area (Å²) >= 11 is 0. The zero-order chi connectivity index (χ0) is 27.5. The van der Waals surface area contributed by atoms with Crippen LogP contribution in [0.4, 0.5) is 0 Å². The van der Waals surface area contributed by atoms with Gasteiger partial charge in [-0.1, -0.05) is 35.4 Å². The van der Waals surface area contributed by atoms with Gasteiger partial charge >= 0.3 is 11.9 Å². The Kier molecular flexibility index (Phi) is 6.40. The van der Waals surface area contributed by atoms with Crippen molar-refractivity contribution in [1.29, 1.82) is 0 Å². The summed E-state index contributed by atoms with van der Waals surface area (Å²) in [7, 11) is 2.60. The lowest BCUT2D eigenvalue weighted by atomic mass is 9.85. The van der Waals surface area contributed by atoms with E-state index in [1.54, 1.807) is 0 Å². The summed E-state index contributed by atoms with van der Waals surface area (Å²) in [5, 5.41) is 0.729. The molecule has 0 bridgehead atoms. The molecule has 2 heterocycles. The molecule has 0 saturated carbocycles. The molecule has 1 aliphatic heterocycles. The van der Waals surface area contributed by atoms with Gasteiger partial charge in [0.05, 0.1) is 26.4 Å². The van der Waals surface area contributed by atoms with E-state index < -0.39 is 18.0 Å². The molecule has 5 rings (SSSR count). The molecule has 0 radical (unpaired) electrons. The number of carbonyl (C=O) groups is 2. The summed E-state index contributed by atoms with van der Waals surface area (Å²) in [6.07, 6.45) is -0.547. The second-order valence-corrected chi connectivity index (χ2v) is 10.3. The van der Waals surface area contributed by atoms with Crippen LogP contribution in [0.25, 0.3) is 22.3 Å². The van der Waals surface area contributed by atoms with Crippen molar-refractivity contribution in [2.24, 2.45) is 0 Å². The average Bonchev–Trinajstić information content (AvgIpc) is 3.46. The molecule has 0 fully saturated rings. The summed E-state index contributed by atoms with van der Waals surface area (Å²) in [5.41, 5.74) is 10.4. The molecule has 196 valence electrons. The Morgan fingerprint density at radius 1 is 0.737 bits per heavy atom. The average molecular weight is 513 g/mol. The van der Waals surface area contributed by atoms with Crippen molar-refractivity contribution in [3.05, 3.63) is 91.5 Å². The highest BCUT2D eigenvalue weighted by Crippen LogP contribution is 2.48. The molecule has 0 amide bonds. The van der Waals surface area contributed by atoms with Crippen molar-refractivity contribution in [3.63, 3.8) is 0 Å². The number of hydrogen-bond donors (Lipinski definition) is 0. The van der Waals surface area contributed by atoms with Gasteiger partial charge in [0.15, 0.2) is 5.58 Å². The SMILES string of the molecule is COC(=O)c1c2c(c3cc(-c4c(C)cc(C)cc4C)oc3c1C(=O)OC)COC2c1c(C)cc(C)cc1C. The molecule has 0 spiro atoms. The fraction of sp³-hybridized carbons (Fsp3) is 0.312. The number of benzene rings is 3. The quantitative estimate of drug-likeness (QED) is 0.271. The minimum Gasteiger partial charge on any atom is -0.465 e. The summed E-state index contributed by atoms with van der Waals surface area (Å²) in [4.78, 5) is 26.6. The van der Waals surface area contributed by atoms with E-state index in [1.807, 2.05) is 40.7 Å². The summed E-state index contributed by atoms with van der Waals surface area (Å²) in [5.74, 6) is -0.683. The Hall–Kier alpha value is -3.90. The number of ether oxygens (including phenoxy) is 3. The second-order valence-electron chi connectivity index (χ2n) is 10.3. The van der Waals surface area contributed by atoms with E-state index >= 15 is 0 Å². The van der Waals surface area contributed by atoms with E-state index in [0.717, 1.165) is 55.5 Å². The number of rotatable bonds is 4. The van der Waals surface area contributed by atoms with Crippen LogP contribution < -0.4 is 0 Å². The summed E-state index contributed by atoms with van der Waals surface area (Å²) in [6, 6.07) is 10.3. The van der Waals surface area contributed by atoms with Crippen LogP contribution in [-0.4, -0.2) is 26.2 Å². The van der Waals surface area contributed by atoms with Gasteiger partial charge in [-0.25, -0.2) is 9.59 Å². The number of hydrogen-bond acceptors (Lipinski definition) is 6. The third kappa shape index (κ3) is 3.91. The Bertz CT molecular complexity index is 1590. The standard InChI is InChI=1S/C32H32O6/c1-15-9-17(3)24(18(4)10-15)23-13-21-22-14-37-30(25-19(5)11-16(2)12-20(25)6)26(22)27(31(33)35-7)28(29(21)38-23)32(34)36-8/h9-13,30H,14H2,1-8H3. The van der Waals surface area contributed by atoms with Crippen molar-refractivity contribution in [1.82, 2.24) is 0 Å². The monoisotopic (exact) mass is 512 g/mol. The first-order chi connectivity index (χ1) is 18.1. The van der Waals surface area contributed by atoms with Crippen LogP contribution in [-0.2, 0) is 20.8 Å². The van der Waals surface area contributed by atoms with E-state index in [9.17, 15) is 9.59 Å².